The van der Waals surface area contributed by atoms with E-state index in [1.54, 1.807) is 26.2 Å². The van der Waals surface area contributed by atoms with Gasteiger partial charge in [-0.05, 0) is 88.1 Å². The average Bonchev–Trinajstić information content (AvgIpc) is 2.97. The number of carbonyl (C=O) groups excluding carboxylic acids is 5. The first-order valence-electron chi connectivity index (χ1n) is 15.4. The summed E-state index contributed by atoms with van der Waals surface area (Å²) in [5, 5.41) is 26.5. The molecule has 0 radical (unpaired) electrons. The van der Waals surface area contributed by atoms with Crippen molar-refractivity contribution < 1.29 is 34.2 Å². The van der Waals surface area contributed by atoms with Crippen molar-refractivity contribution in [3.05, 3.63) is 59.2 Å². The van der Waals surface area contributed by atoms with Crippen LogP contribution in [0.5, 0.6) is 5.75 Å². The van der Waals surface area contributed by atoms with Gasteiger partial charge in [0, 0.05) is 12.0 Å². The number of nitrogens with two attached hydrogens (primary N) is 1. The third-order valence-corrected chi connectivity index (χ3v) is 10.5. The molecule has 0 aromatic heterocycles. The Kier molecular flexibility index (Phi) is 7.70. The molecule has 6 rings (SSSR count). The summed E-state index contributed by atoms with van der Waals surface area (Å²) in [6, 6.07) is 12.9. The van der Waals surface area contributed by atoms with Crippen LogP contribution in [0.4, 0.5) is 5.69 Å². The summed E-state index contributed by atoms with van der Waals surface area (Å²) in [7, 11) is 3.13. The van der Waals surface area contributed by atoms with Crippen molar-refractivity contribution in [2.45, 2.75) is 62.6 Å². The van der Waals surface area contributed by atoms with Crippen molar-refractivity contribution >= 4 is 34.7 Å². The number of benzene rings is 2. The van der Waals surface area contributed by atoms with Gasteiger partial charge in [-0.25, -0.2) is 0 Å². The zero-order chi connectivity index (χ0) is 31.5. The van der Waals surface area contributed by atoms with Gasteiger partial charge >= 0.3 is 0 Å². The number of hydrogen-bond acceptors (Lipinski definition) is 9. The number of rotatable bonds is 6. The van der Waals surface area contributed by atoms with Gasteiger partial charge in [0.2, 0.25) is 5.91 Å². The Hall–Kier alpha value is -3.89. The maximum Gasteiger partial charge on any atom is 0.235 e. The number of anilines is 1. The molecule has 0 heterocycles. The summed E-state index contributed by atoms with van der Waals surface area (Å²) in [6.45, 7) is 0. The quantitative estimate of drug-likeness (QED) is 0.286. The van der Waals surface area contributed by atoms with Gasteiger partial charge in [-0.3, -0.25) is 28.9 Å². The molecule has 2 aromatic carbocycles. The van der Waals surface area contributed by atoms with Crippen molar-refractivity contribution in [3.63, 3.8) is 0 Å². The van der Waals surface area contributed by atoms with Crippen molar-refractivity contribution in [2.24, 2.45) is 35.3 Å². The summed E-state index contributed by atoms with van der Waals surface area (Å²) in [5.74, 6) is -9.71. The second-order valence-corrected chi connectivity index (χ2v) is 13.3. The molecule has 0 aliphatic heterocycles. The molecule has 0 saturated heterocycles. The highest BCUT2D eigenvalue weighted by Gasteiger charge is 2.69. The van der Waals surface area contributed by atoms with Crippen molar-refractivity contribution in [3.8, 4) is 5.75 Å². The van der Waals surface area contributed by atoms with Gasteiger partial charge in [0.15, 0.2) is 34.7 Å². The number of nitrogens with one attached hydrogen (secondary N) is 1. The minimum Gasteiger partial charge on any atom is -0.505 e. The Morgan fingerprint density at radius 3 is 2.32 bits per heavy atom. The van der Waals surface area contributed by atoms with Gasteiger partial charge < -0.3 is 21.3 Å². The smallest absolute Gasteiger partial charge is 0.235 e. The second kappa shape index (κ2) is 11.2. The van der Waals surface area contributed by atoms with Crippen LogP contribution in [0.15, 0.2) is 42.5 Å². The fraction of sp³-hybridized carbons (Fsp3) is 0.500. The number of fused-ring (bicyclic) bond motifs is 3. The Bertz CT molecular complexity index is 1530. The summed E-state index contributed by atoms with van der Waals surface area (Å²) in [4.78, 5) is 68.2. The number of ketones is 4. The van der Waals surface area contributed by atoms with Gasteiger partial charge in [0.1, 0.15) is 5.75 Å². The van der Waals surface area contributed by atoms with Crippen LogP contribution in [0, 0.1) is 29.6 Å². The molecule has 4 aliphatic carbocycles. The van der Waals surface area contributed by atoms with Crippen LogP contribution in [-0.4, -0.2) is 75.9 Å². The molecular weight excluding hydrogens is 562 g/mol. The summed E-state index contributed by atoms with van der Waals surface area (Å²) >= 11 is 0. The van der Waals surface area contributed by atoms with Crippen LogP contribution >= 0.6 is 0 Å². The molecule has 44 heavy (non-hydrogen) atoms. The number of primary amides is 1. The lowest BCUT2D eigenvalue weighted by atomic mass is 9.52. The number of likely N-dealkylation sites (N-methyl/N-ethyl adjacent to an activating group) is 1. The zero-order valence-electron chi connectivity index (χ0n) is 25.0. The van der Waals surface area contributed by atoms with Crippen LogP contribution in [0.3, 0.4) is 0 Å². The highest BCUT2D eigenvalue weighted by atomic mass is 16.3. The maximum atomic E-state index is 14.0. The lowest BCUT2D eigenvalue weighted by Gasteiger charge is -2.52. The Balaban J connectivity index is 1.24. The lowest BCUT2D eigenvalue weighted by molar-refractivity contribution is -0.181. The van der Waals surface area contributed by atoms with E-state index in [0.717, 1.165) is 32.1 Å². The molecule has 6 atom stereocenters. The first kappa shape index (κ1) is 30.1. The van der Waals surface area contributed by atoms with E-state index in [4.69, 9.17) is 5.73 Å². The van der Waals surface area contributed by atoms with Crippen LogP contribution in [0.1, 0.15) is 53.6 Å². The Morgan fingerprint density at radius 1 is 1.00 bits per heavy atom. The number of amides is 1. The van der Waals surface area contributed by atoms with Crippen LogP contribution in [0.25, 0.3) is 0 Å². The first-order chi connectivity index (χ1) is 20.9. The topological polar surface area (TPSA) is 167 Å². The predicted molar refractivity (Wildman–Crippen MR) is 161 cm³/mol. The molecular formula is C34H39N3O7. The Labute approximate surface area is 256 Å². The van der Waals surface area contributed by atoms with Gasteiger partial charge in [0.05, 0.1) is 23.2 Å². The normalized spacial score (nSPS) is 33.4. The van der Waals surface area contributed by atoms with E-state index in [1.165, 1.54) is 10.5 Å². The van der Waals surface area contributed by atoms with Crippen LogP contribution in [-0.2, 0) is 32.0 Å². The molecule has 3 saturated carbocycles. The number of nitrogens with zero attached hydrogens (tertiary/aromatic N) is 1. The number of carbonyl (C=O) groups is 5. The number of phenolic OH excluding ortho intramolecular Hbond substituents is 1. The molecule has 4 aliphatic rings. The lowest BCUT2D eigenvalue weighted by Crippen LogP contribution is -2.74. The Morgan fingerprint density at radius 2 is 1.68 bits per heavy atom. The van der Waals surface area contributed by atoms with Crippen molar-refractivity contribution in [2.75, 3.05) is 19.4 Å². The third kappa shape index (κ3) is 4.75. The zero-order valence-corrected chi connectivity index (χ0v) is 25.0. The fourth-order valence-corrected chi connectivity index (χ4v) is 8.38. The number of phenols is 1. The SMILES string of the molecule is CN(C)[C@@H]1C(=O)C(C(N)=O)C(=O)[C@@]2(O)C(=O)C3C(=O)c4c(ccc(NC5CCC(Cc6ccccc6)CC5)c4O)C[C@H]3C[C@@H]12. The van der Waals surface area contributed by atoms with Crippen molar-refractivity contribution in [1.29, 1.82) is 0 Å². The molecule has 10 nitrogen and oxygen atoms in total. The van der Waals surface area contributed by atoms with E-state index in [1.807, 2.05) is 6.07 Å². The van der Waals surface area contributed by atoms with E-state index in [-0.39, 0.29) is 30.2 Å². The third-order valence-electron chi connectivity index (χ3n) is 10.5. The molecule has 0 bridgehead atoms. The minimum atomic E-state index is -2.72. The number of Topliss-reactive ketones (excluding diaryl/α,β-unsaturated/α-hetero) is 4. The summed E-state index contributed by atoms with van der Waals surface area (Å²) < 4.78 is 0. The minimum absolute atomic E-state index is 0.0133. The molecule has 0 spiro atoms. The molecule has 1 amide bonds. The van der Waals surface area contributed by atoms with E-state index in [9.17, 15) is 34.2 Å². The number of aromatic hydroxyl groups is 1. The van der Waals surface area contributed by atoms with Gasteiger partial charge in [0.25, 0.3) is 0 Å². The molecule has 5 N–H and O–H groups in total. The summed E-state index contributed by atoms with van der Waals surface area (Å²) in [5.41, 5.74) is 4.98. The molecule has 10 heteroatoms. The molecule has 232 valence electrons. The van der Waals surface area contributed by atoms with Gasteiger partial charge in [-0.15, -0.1) is 0 Å². The fourth-order valence-electron chi connectivity index (χ4n) is 8.38. The molecule has 3 fully saturated rings. The van der Waals surface area contributed by atoms with E-state index in [0.29, 0.717) is 17.2 Å². The number of hydrogen-bond donors (Lipinski definition) is 4. The van der Waals surface area contributed by atoms with Crippen molar-refractivity contribution in [1.82, 2.24) is 4.90 Å². The highest BCUT2D eigenvalue weighted by Crippen LogP contribution is 2.51. The van der Waals surface area contributed by atoms with Gasteiger partial charge in [-0.1, -0.05) is 36.4 Å². The predicted octanol–water partition coefficient (Wildman–Crippen LogP) is 2.08. The van der Waals surface area contributed by atoms with Crippen LogP contribution < -0.4 is 11.1 Å². The average molecular weight is 602 g/mol. The van der Waals surface area contributed by atoms with E-state index >= 15 is 0 Å². The summed E-state index contributed by atoms with van der Waals surface area (Å²) in [6.07, 6.45) is 5.21. The monoisotopic (exact) mass is 601 g/mol. The molecule has 2 aromatic rings. The second-order valence-electron chi connectivity index (χ2n) is 13.3. The van der Waals surface area contributed by atoms with Crippen LogP contribution in [0.2, 0.25) is 0 Å². The van der Waals surface area contributed by atoms with E-state index in [2.05, 4.69) is 29.6 Å². The number of aliphatic hydroxyl groups is 1. The molecule has 2 unspecified atom stereocenters. The highest BCUT2D eigenvalue weighted by molar-refractivity contribution is 6.32. The first-order valence-corrected chi connectivity index (χ1v) is 15.4. The largest absolute Gasteiger partial charge is 0.505 e. The maximum absolute atomic E-state index is 14.0. The van der Waals surface area contributed by atoms with Gasteiger partial charge in [-0.2, -0.15) is 0 Å². The van der Waals surface area contributed by atoms with E-state index < -0.39 is 64.4 Å². The standard InChI is InChI=1S/C34H39N3O7/c1-37(2)27-22-16-20-15-19-10-13-23(36-21-11-8-18(9-12-21)14-17-6-4-3-5-7-17)28(38)24(19)29(39)25(20)31(41)34(22,44)32(42)26(30(27)40)33(35)43/h3-7,10,13,18,20-22,25-27,36,38,44H,8-9,11-12,14-16H2,1-2H3,(H2,35,43)/t18?,20-,21?,22-,25?,26?,27-,34-/m0/s1.